The summed E-state index contributed by atoms with van der Waals surface area (Å²) in [5, 5.41) is 0. The van der Waals surface area contributed by atoms with E-state index in [1.54, 1.807) is 4.40 Å². The minimum atomic E-state index is -0.0490. The van der Waals surface area contributed by atoms with Gasteiger partial charge in [0.05, 0.1) is 24.5 Å². The van der Waals surface area contributed by atoms with Gasteiger partial charge >= 0.3 is 0 Å². The number of fused-ring (bicyclic) bond motifs is 3. The number of benzene rings is 3. The SMILES string of the molecule is Cc1cc2nc3s/c(=C\c4cc(Br)c(OCc5ccc(I)cc5)c(Br)c4)c(=O)n3c2cc1C. The maximum Gasteiger partial charge on any atom is 0.274 e. The van der Waals surface area contributed by atoms with Crippen LogP contribution in [0.2, 0.25) is 0 Å². The van der Waals surface area contributed by atoms with E-state index in [1.165, 1.54) is 20.5 Å². The van der Waals surface area contributed by atoms with E-state index < -0.39 is 0 Å². The van der Waals surface area contributed by atoms with Gasteiger partial charge in [0.1, 0.15) is 12.4 Å². The van der Waals surface area contributed by atoms with Crippen LogP contribution in [-0.4, -0.2) is 9.38 Å². The molecule has 166 valence electrons. The monoisotopic (exact) mass is 694 g/mol. The Balaban J connectivity index is 1.50. The fraction of sp³-hybridized carbons (Fsp3) is 0.120. The zero-order valence-corrected chi connectivity index (χ0v) is 23.8. The zero-order chi connectivity index (χ0) is 23.3. The van der Waals surface area contributed by atoms with Crippen LogP contribution in [-0.2, 0) is 6.61 Å². The molecule has 33 heavy (non-hydrogen) atoms. The Morgan fingerprint density at radius 1 is 1.06 bits per heavy atom. The first kappa shape index (κ1) is 23.0. The first-order valence-corrected chi connectivity index (χ1v) is 13.6. The molecule has 3 aromatic carbocycles. The van der Waals surface area contributed by atoms with Crippen molar-refractivity contribution in [1.29, 1.82) is 0 Å². The minimum Gasteiger partial charge on any atom is -0.487 e. The van der Waals surface area contributed by atoms with Gasteiger partial charge in [-0.15, -0.1) is 0 Å². The first-order valence-electron chi connectivity index (χ1n) is 10.1. The second-order valence-corrected chi connectivity index (χ2v) is 11.8. The van der Waals surface area contributed by atoms with Crippen LogP contribution >= 0.6 is 65.8 Å². The third kappa shape index (κ3) is 4.50. The van der Waals surface area contributed by atoms with E-state index in [0.29, 0.717) is 16.1 Å². The molecule has 0 atom stereocenters. The number of hydrogen-bond acceptors (Lipinski definition) is 4. The van der Waals surface area contributed by atoms with Crippen molar-refractivity contribution in [2.75, 3.05) is 0 Å². The summed E-state index contributed by atoms with van der Waals surface area (Å²) >= 11 is 10.9. The highest BCUT2D eigenvalue weighted by atomic mass is 127. The Kier molecular flexibility index (Phi) is 6.37. The number of aryl methyl sites for hydroxylation is 2. The van der Waals surface area contributed by atoms with Crippen molar-refractivity contribution in [3.63, 3.8) is 0 Å². The maximum absolute atomic E-state index is 13.2. The predicted octanol–water partition coefficient (Wildman–Crippen LogP) is 6.78. The Morgan fingerprint density at radius 3 is 2.42 bits per heavy atom. The second kappa shape index (κ2) is 9.13. The molecule has 0 N–H and O–H groups in total. The lowest BCUT2D eigenvalue weighted by atomic mass is 10.1. The summed E-state index contributed by atoms with van der Waals surface area (Å²) in [4.78, 5) is 18.6. The number of aromatic nitrogens is 2. The van der Waals surface area contributed by atoms with Gasteiger partial charge in [-0.2, -0.15) is 0 Å². The average molecular weight is 696 g/mol. The van der Waals surface area contributed by atoms with Gasteiger partial charge < -0.3 is 4.74 Å². The number of thiazole rings is 1. The Bertz CT molecular complexity index is 1620. The van der Waals surface area contributed by atoms with E-state index >= 15 is 0 Å². The number of nitrogens with zero attached hydrogens (tertiary/aromatic N) is 2. The summed E-state index contributed by atoms with van der Waals surface area (Å²) in [6, 6.07) is 16.2. The molecule has 8 heteroatoms. The van der Waals surface area contributed by atoms with Crippen molar-refractivity contribution in [3.05, 3.63) is 98.2 Å². The highest BCUT2D eigenvalue weighted by Gasteiger charge is 2.13. The lowest BCUT2D eigenvalue weighted by molar-refractivity contribution is 0.302. The predicted molar refractivity (Wildman–Crippen MR) is 150 cm³/mol. The molecule has 2 heterocycles. The lowest BCUT2D eigenvalue weighted by Gasteiger charge is -2.11. The topological polar surface area (TPSA) is 43.6 Å². The van der Waals surface area contributed by atoms with Crippen molar-refractivity contribution in [1.82, 2.24) is 9.38 Å². The molecule has 0 radical (unpaired) electrons. The smallest absolute Gasteiger partial charge is 0.274 e. The summed E-state index contributed by atoms with van der Waals surface area (Å²) in [6.45, 7) is 4.58. The molecule has 0 fully saturated rings. The Labute approximate surface area is 224 Å². The van der Waals surface area contributed by atoms with Gasteiger partial charge in [0.2, 0.25) is 0 Å². The van der Waals surface area contributed by atoms with Gasteiger partial charge in [-0.1, -0.05) is 23.5 Å². The van der Waals surface area contributed by atoms with E-state index in [0.717, 1.165) is 42.4 Å². The molecule has 0 bridgehead atoms. The summed E-state index contributed by atoms with van der Waals surface area (Å²) in [6.07, 6.45) is 1.90. The molecular weight excluding hydrogens is 679 g/mol. The van der Waals surface area contributed by atoms with E-state index in [1.807, 2.05) is 30.3 Å². The fourth-order valence-electron chi connectivity index (χ4n) is 3.61. The average Bonchev–Trinajstić information content (AvgIpc) is 3.25. The molecular formula is C25H17Br2IN2O2S. The quantitative estimate of drug-likeness (QED) is 0.195. The van der Waals surface area contributed by atoms with Crippen LogP contribution < -0.4 is 14.8 Å². The Morgan fingerprint density at radius 2 is 1.73 bits per heavy atom. The molecule has 0 aliphatic heterocycles. The number of ether oxygens (including phenoxy) is 1. The summed E-state index contributed by atoms with van der Waals surface area (Å²) in [5.41, 5.74) is 5.98. The molecule has 0 unspecified atom stereocenters. The number of halogens is 3. The molecule has 0 aliphatic rings. The second-order valence-electron chi connectivity index (χ2n) is 7.80. The number of hydrogen-bond donors (Lipinski definition) is 0. The van der Waals surface area contributed by atoms with Crippen LogP contribution in [0.1, 0.15) is 22.3 Å². The van der Waals surface area contributed by atoms with Gasteiger partial charge in [-0.25, -0.2) is 9.38 Å². The van der Waals surface area contributed by atoms with Crippen LogP contribution in [0.25, 0.3) is 22.1 Å². The van der Waals surface area contributed by atoms with Crippen molar-refractivity contribution < 1.29 is 4.74 Å². The molecule has 0 spiro atoms. The zero-order valence-electron chi connectivity index (χ0n) is 17.7. The van der Waals surface area contributed by atoms with Crippen LogP contribution in [0.15, 0.2) is 62.3 Å². The fourth-order valence-corrected chi connectivity index (χ4v) is 6.40. The van der Waals surface area contributed by atoms with E-state index in [4.69, 9.17) is 4.74 Å². The highest BCUT2D eigenvalue weighted by molar-refractivity contribution is 14.1. The molecule has 0 aliphatic carbocycles. The highest BCUT2D eigenvalue weighted by Crippen LogP contribution is 2.35. The van der Waals surface area contributed by atoms with Crippen LogP contribution in [0, 0.1) is 17.4 Å². The van der Waals surface area contributed by atoms with Crippen molar-refractivity contribution in [2.24, 2.45) is 0 Å². The third-order valence-electron chi connectivity index (χ3n) is 5.47. The number of rotatable bonds is 4. The molecule has 4 nitrogen and oxygen atoms in total. The van der Waals surface area contributed by atoms with Crippen molar-refractivity contribution >= 4 is 87.9 Å². The summed E-state index contributed by atoms with van der Waals surface area (Å²) < 4.78 is 11.2. The summed E-state index contributed by atoms with van der Waals surface area (Å²) in [5.74, 6) is 0.728. The molecule has 0 saturated carbocycles. The molecule has 0 amide bonds. The van der Waals surface area contributed by atoms with E-state index in [9.17, 15) is 4.79 Å². The van der Waals surface area contributed by atoms with Crippen LogP contribution in [0.3, 0.4) is 0 Å². The van der Waals surface area contributed by atoms with Gasteiger partial charge in [0.15, 0.2) is 4.96 Å². The van der Waals surface area contributed by atoms with Crippen molar-refractivity contribution in [2.45, 2.75) is 20.5 Å². The van der Waals surface area contributed by atoms with E-state index in [-0.39, 0.29) is 5.56 Å². The van der Waals surface area contributed by atoms with Crippen molar-refractivity contribution in [3.8, 4) is 5.75 Å². The molecule has 2 aromatic heterocycles. The van der Waals surface area contributed by atoms with Crippen LogP contribution in [0.4, 0.5) is 0 Å². The van der Waals surface area contributed by atoms with Gasteiger partial charge in [-0.3, -0.25) is 4.79 Å². The first-order chi connectivity index (χ1) is 15.8. The molecule has 5 aromatic rings. The largest absolute Gasteiger partial charge is 0.487 e. The van der Waals surface area contributed by atoms with E-state index in [2.05, 4.69) is 97.5 Å². The third-order valence-corrected chi connectivity index (χ3v) is 8.34. The lowest BCUT2D eigenvalue weighted by Crippen LogP contribution is -2.22. The molecule has 5 rings (SSSR count). The van der Waals surface area contributed by atoms with Gasteiger partial charge in [0.25, 0.3) is 5.56 Å². The molecule has 0 saturated heterocycles. The van der Waals surface area contributed by atoms with Gasteiger partial charge in [-0.05, 0) is 133 Å². The maximum atomic E-state index is 13.2. The standard InChI is InChI=1S/C25H17Br2IN2O2S/c1-13-7-20-21(8-14(13)2)30-24(31)22(33-25(30)29-20)11-16-9-18(26)23(19(27)10-16)32-12-15-3-5-17(28)6-4-15/h3-11H,12H2,1-2H3/b22-11-. The normalized spacial score (nSPS) is 12.2. The summed E-state index contributed by atoms with van der Waals surface area (Å²) in [7, 11) is 0. The number of imidazole rings is 1. The minimum absolute atomic E-state index is 0.0490. The van der Waals surface area contributed by atoms with Crippen LogP contribution in [0.5, 0.6) is 5.75 Å². The van der Waals surface area contributed by atoms with Gasteiger partial charge in [0, 0.05) is 3.57 Å². The Hall–Kier alpha value is -1.75.